The van der Waals surface area contributed by atoms with Crippen molar-refractivity contribution in [3.05, 3.63) is 0 Å². The average molecular weight is 502 g/mol. The summed E-state index contributed by atoms with van der Waals surface area (Å²) in [5.74, 6) is 0.786. The Labute approximate surface area is 193 Å². The maximum absolute atomic E-state index is 11.9. The smallest absolute Gasteiger partial charge is 0.220 e. The van der Waals surface area contributed by atoms with E-state index in [2.05, 4.69) is 5.32 Å². The first kappa shape index (κ1) is 28.1. The Bertz CT molecular complexity index is 570. The van der Waals surface area contributed by atoms with E-state index >= 15 is 0 Å². The zero-order valence-electron chi connectivity index (χ0n) is 17.8. The van der Waals surface area contributed by atoms with Gasteiger partial charge in [-0.1, -0.05) is 6.42 Å². The van der Waals surface area contributed by atoms with Gasteiger partial charge in [-0.05, 0) is 12.8 Å². The number of hydrogen-bond donors (Lipinski definition) is 8. The second kappa shape index (κ2) is 14.3. The Morgan fingerprint density at radius 3 is 2.62 bits per heavy atom. The standard InChI is InChI=1S/C18H36N3O9PS/c19-9-8-32-11(13(9)20)3-1-2-4-12(23)21-5-6-28-7-10(22)17-15(25)14(24)16(26)18(29-17)30-31-27/h9-11,13-18,22,24-27,31H,1-8,19-20H2,(H,21,23)/t9?,10-,11?,13?,14?,15?,16?,17?,18?/m1/s1. The van der Waals surface area contributed by atoms with E-state index in [9.17, 15) is 25.2 Å². The minimum atomic E-state index is -1.62. The molecule has 0 saturated carbocycles. The minimum Gasteiger partial charge on any atom is -0.388 e. The molecule has 0 aliphatic carbocycles. The van der Waals surface area contributed by atoms with Crippen LogP contribution in [-0.2, 0) is 18.8 Å². The molecule has 2 fully saturated rings. The first-order valence-electron chi connectivity index (χ1n) is 10.7. The van der Waals surface area contributed by atoms with Crippen LogP contribution in [0.15, 0.2) is 0 Å². The number of carbonyl (C=O) groups excluding carboxylic acids is 1. The van der Waals surface area contributed by atoms with Gasteiger partial charge in [-0.2, -0.15) is 11.8 Å². The summed E-state index contributed by atoms with van der Waals surface area (Å²) in [4.78, 5) is 20.7. The van der Waals surface area contributed by atoms with Crippen LogP contribution in [-0.4, -0.2) is 111 Å². The summed E-state index contributed by atoms with van der Waals surface area (Å²) in [6.45, 7) is 0.132. The number of unbranched alkanes of at least 4 members (excludes halogenated alkanes) is 1. The van der Waals surface area contributed by atoms with E-state index < -0.39 is 45.8 Å². The monoisotopic (exact) mass is 501 g/mol. The molecule has 0 spiro atoms. The number of thioether (sulfide) groups is 1. The van der Waals surface area contributed by atoms with E-state index in [1.54, 1.807) is 11.8 Å². The Balaban J connectivity index is 1.55. The van der Waals surface area contributed by atoms with E-state index in [-0.39, 0.29) is 37.7 Å². The number of nitrogens with two attached hydrogens (primary N) is 2. The molecule has 2 rings (SSSR count). The van der Waals surface area contributed by atoms with E-state index in [1.165, 1.54) is 0 Å². The van der Waals surface area contributed by atoms with Crippen LogP contribution in [0.2, 0.25) is 0 Å². The van der Waals surface area contributed by atoms with Gasteiger partial charge in [-0.15, -0.1) is 0 Å². The summed E-state index contributed by atoms with van der Waals surface area (Å²) >= 11 is 1.80. The third kappa shape index (κ3) is 8.26. The highest BCUT2D eigenvalue weighted by atomic mass is 32.2. The van der Waals surface area contributed by atoms with Gasteiger partial charge in [-0.25, -0.2) is 0 Å². The summed E-state index contributed by atoms with van der Waals surface area (Å²) in [6.07, 6.45) is -5.77. The van der Waals surface area contributed by atoms with Gasteiger partial charge >= 0.3 is 0 Å². The largest absolute Gasteiger partial charge is 0.388 e. The second-order valence-corrected chi connectivity index (χ2v) is 9.69. The highest BCUT2D eigenvalue weighted by Crippen LogP contribution is 2.29. The van der Waals surface area contributed by atoms with Crippen LogP contribution in [0, 0.1) is 0 Å². The third-order valence-electron chi connectivity index (χ3n) is 5.58. The SMILES string of the molecule is NC1CSC(CCCCC(=O)NCCOC[C@@H](O)C2OC(OPO)C(O)C(O)C2O)C1N. The molecule has 0 aromatic rings. The molecule has 2 heterocycles. The molecule has 14 heteroatoms. The zero-order valence-corrected chi connectivity index (χ0v) is 19.6. The van der Waals surface area contributed by atoms with E-state index in [0.29, 0.717) is 11.7 Å². The minimum absolute atomic E-state index is 0.0169. The van der Waals surface area contributed by atoms with Gasteiger partial charge in [0, 0.05) is 36.1 Å². The average Bonchev–Trinajstić information content (AvgIpc) is 3.09. The lowest BCUT2D eigenvalue weighted by Crippen LogP contribution is -2.61. The lowest BCUT2D eigenvalue weighted by atomic mass is 9.96. The molecule has 9 unspecified atom stereocenters. The summed E-state index contributed by atoms with van der Waals surface area (Å²) < 4.78 is 15.3. The Kier molecular flexibility index (Phi) is 12.5. The quantitative estimate of drug-likeness (QED) is 0.0946. The predicted octanol–water partition coefficient (Wildman–Crippen LogP) is -2.86. The number of amides is 1. The van der Waals surface area contributed by atoms with E-state index in [0.717, 1.165) is 25.0 Å². The second-order valence-electron chi connectivity index (χ2n) is 8.00. The lowest BCUT2D eigenvalue weighted by molar-refractivity contribution is -0.290. The summed E-state index contributed by atoms with van der Waals surface area (Å²) in [6, 6.07) is 0.0651. The first-order chi connectivity index (χ1) is 15.3. The molecule has 0 radical (unpaired) electrons. The number of carbonyl (C=O) groups is 1. The normalized spacial score (nSPS) is 36.6. The van der Waals surface area contributed by atoms with Gasteiger partial charge in [0.05, 0.1) is 13.2 Å². The molecule has 0 aromatic heterocycles. The van der Waals surface area contributed by atoms with Gasteiger partial charge in [0.15, 0.2) is 15.3 Å². The number of rotatable bonds is 13. The van der Waals surface area contributed by atoms with Gasteiger partial charge in [-0.3, -0.25) is 4.79 Å². The Morgan fingerprint density at radius 1 is 1.22 bits per heavy atom. The molecular formula is C18H36N3O9PS. The van der Waals surface area contributed by atoms with Crippen molar-refractivity contribution in [2.24, 2.45) is 11.5 Å². The number of ether oxygens (including phenoxy) is 2. The number of aliphatic hydroxyl groups is 4. The first-order valence-corrected chi connectivity index (χ1v) is 12.6. The fourth-order valence-electron chi connectivity index (χ4n) is 3.63. The van der Waals surface area contributed by atoms with Crippen LogP contribution < -0.4 is 16.8 Å². The molecular weight excluding hydrogens is 465 g/mol. The molecule has 0 bridgehead atoms. The lowest BCUT2D eigenvalue weighted by Gasteiger charge is -2.41. The third-order valence-corrected chi connectivity index (χ3v) is 7.47. The Morgan fingerprint density at radius 2 is 1.97 bits per heavy atom. The van der Waals surface area contributed by atoms with Gasteiger partial charge in [0.2, 0.25) is 5.91 Å². The van der Waals surface area contributed by atoms with Gasteiger partial charge in [0.25, 0.3) is 0 Å². The van der Waals surface area contributed by atoms with Crippen LogP contribution in [0.4, 0.5) is 0 Å². The van der Waals surface area contributed by atoms with Crippen molar-refractivity contribution >= 4 is 26.7 Å². The van der Waals surface area contributed by atoms with Crippen molar-refractivity contribution in [2.75, 3.05) is 25.5 Å². The maximum Gasteiger partial charge on any atom is 0.220 e. The predicted molar refractivity (Wildman–Crippen MR) is 119 cm³/mol. The fraction of sp³-hybridized carbons (Fsp3) is 0.944. The van der Waals surface area contributed by atoms with Crippen molar-refractivity contribution in [1.82, 2.24) is 5.32 Å². The number of aliphatic hydroxyl groups excluding tert-OH is 4. The van der Waals surface area contributed by atoms with E-state index in [4.69, 9.17) is 30.4 Å². The van der Waals surface area contributed by atoms with Gasteiger partial charge < -0.3 is 56.1 Å². The Hall–Kier alpha value is -0.150. The molecule has 32 heavy (non-hydrogen) atoms. The van der Waals surface area contributed by atoms with Crippen LogP contribution in [0.3, 0.4) is 0 Å². The number of hydrogen-bond acceptors (Lipinski definition) is 12. The molecule has 10 atom stereocenters. The fourth-order valence-corrected chi connectivity index (χ4v) is 5.38. The summed E-state index contributed by atoms with van der Waals surface area (Å²) in [7, 11) is -1.01. The van der Waals surface area contributed by atoms with Crippen molar-refractivity contribution in [1.29, 1.82) is 0 Å². The molecule has 12 nitrogen and oxygen atoms in total. The number of nitrogens with one attached hydrogen (secondary N) is 1. The molecule has 2 aliphatic heterocycles. The highest BCUT2D eigenvalue weighted by Gasteiger charge is 2.47. The zero-order chi connectivity index (χ0) is 23.7. The van der Waals surface area contributed by atoms with Crippen molar-refractivity contribution in [2.45, 2.75) is 79.8 Å². The summed E-state index contributed by atoms with van der Waals surface area (Å²) in [5.41, 5.74) is 12.0. The van der Waals surface area contributed by atoms with Crippen molar-refractivity contribution in [3.8, 4) is 0 Å². The van der Waals surface area contributed by atoms with Crippen LogP contribution in [0.25, 0.3) is 0 Å². The molecule has 2 aliphatic rings. The van der Waals surface area contributed by atoms with Crippen LogP contribution >= 0.6 is 20.8 Å². The van der Waals surface area contributed by atoms with E-state index in [1.807, 2.05) is 0 Å². The van der Waals surface area contributed by atoms with Crippen molar-refractivity contribution < 1.29 is 44.1 Å². The summed E-state index contributed by atoms with van der Waals surface area (Å²) in [5, 5.41) is 42.9. The van der Waals surface area contributed by atoms with Crippen molar-refractivity contribution in [3.63, 3.8) is 0 Å². The highest BCUT2D eigenvalue weighted by molar-refractivity contribution is 8.00. The molecule has 1 amide bonds. The molecule has 2 saturated heterocycles. The molecule has 10 N–H and O–H groups in total. The molecule has 188 valence electrons. The topological polar surface area (TPSA) is 210 Å². The van der Waals surface area contributed by atoms with Crippen LogP contribution in [0.5, 0.6) is 0 Å². The van der Waals surface area contributed by atoms with Gasteiger partial charge in [0.1, 0.15) is 30.5 Å². The van der Waals surface area contributed by atoms with Crippen LogP contribution in [0.1, 0.15) is 25.7 Å². The molecule has 0 aromatic carbocycles. The maximum atomic E-state index is 11.9.